The maximum absolute atomic E-state index is 12.3. The van der Waals surface area contributed by atoms with Crippen molar-refractivity contribution in [1.29, 1.82) is 0 Å². The number of fused-ring (bicyclic) bond motifs is 1. The van der Waals surface area contributed by atoms with Crippen LogP contribution in [0.15, 0.2) is 42.5 Å². The third kappa shape index (κ3) is 4.82. The summed E-state index contributed by atoms with van der Waals surface area (Å²) in [4.78, 5) is 14.7. The van der Waals surface area contributed by atoms with Gasteiger partial charge in [0.2, 0.25) is 12.7 Å². The molecule has 2 heterocycles. The molecule has 2 aliphatic heterocycles. The van der Waals surface area contributed by atoms with E-state index in [4.69, 9.17) is 14.2 Å². The van der Waals surface area contributed by atoms with Gasteiger partial charge in [-0.3, -0.25) is 9.69 Å². The SMILES string of the molecule is O=C(CCc1ccc2c(c1)OCO2)NCc1ccccc1CN1CCOCC1. The number of hydrogen-bond acceptors (Lipinski definition) is 5. The van der Waals surface area contributed by atoms with Crippen molar-refractivity contribution in [3.05, 3.63) is 59.2 Å². The molecule has 6 nitrogen and oxygen atoms in total. The van der Waals surface area contributed by atoms with Crippen molar-refractivity contribution in [1.82, 2.24) is 10.2 Å². The molecule has 1 saturated heterocycles. The van der Waals surface area contributed by atoms with Crippen molar-refractivity contribution >= 4 is 5.91 Å². The second-order valence-electron chi connectivity index (χ2n) is 7.12. The van der Waals surface area contributed by atoms with Crippen LogP contribution in [-0.4, -0.2) is 43.9 Å². The van der Waals surface area contributed by atoms with Crippen molar-refractivity contribution in [2.24, 2.45) is 0 Å². The van der Waals surface area contributed by atoms with E-state index in [1.807, 2.05) is 24.3 Å². The van der Waals surface area contributed by atoms with Gasteiger partial charge in [-0.2, -0.15) is 0 Å². The fourth-order valence-corrected chi connectivity index (χ4v) is 3.52. The fourth-order valence-electron chi connectivity index (χ4n) is 3.52. The molecule has 1 amide bonds. The smallest absolute Gasteiger partial charge is 0.231 e. The molecule has 148 valence electrons. The Morgan fingerprint density at radius 1 is 1.00 bits per heavy atom. The normalized spacial score (nSPS) is 16.1. The Labute approximate surface area is 165 Å². The van der Waals surface area contributed by atoms with E-state index in [-0.39, 0.29) is 12.7 Å². The number of hydrogen-bond donors (Lipinski definition) is 1. The lowest BCUT2D eigenvalue weighted by molar-refractivity contribution is -0.121. The zero-order chi connectivity index (χ0) is 19.2. The summed E-state index contributed by atoms with van der Waals surface area (Å²) in [6, 6.07) is 14.2. The second kappa shape index (κ2) is 9.08. The highest BCUT2D eigenvalue weighted by atomic mass is 16.7. The first-order valence-corrected chi connectivity index (χ1v) is 9.80. The number of amides is 1. The van der Waals surface area contributed by atoms with Crippen LogP contribution in [-0.2, 0) is 29.0 Å². The quantitative estimate of drug-likeness (QED) is 0.797. The Morgan fingerprint density at radius 2 is 1.79 bits per heavy atom. The summed E-state index contributed by atoms with van der Waals surface area (Å²) in [5.41, 5.74) is 3.51. The summed E-state index contributed by atoms with van der Waals surface area (Å²) in [5.74, 6) is 1.58. The molecule has 0 saturated carbocycles. The van der Waals surface area contributed by atoms with Crippen molar-refractivity contribution in [3.8, 4) is 11.5 Å². The van der Waals surface area contributed by atoms with Crippen molar-refractivity contribution < 1.29 is 19.0 Å². The van der Waals surface area contributed by atoms with E-state index in [0.29, 0.717) is 19.4 Å². The van der Waals surface area contributed by atoms with Crippen molar-refractivity contribution in [2.45, 2.75) is 25.9 Å². The maximum atomic E-state index is 12.3. The van der Waals surface area contributed by atoms with E-state index in [0.717, 1.165) is 49.9 Å². The van der Waals surface area contributed by atoms with Crippen LogP contribution in [0.3, 0.4) is 0 Å². The summed E-state index contributed by atoms with van der Waals surface area (Å²) in [5, 5.41) is 3.06. The number of morpholine rings is 1. The molecule has 0 atom stereocenters. The van der Waals surface area contributed by atoms with Gasteiger partial charge in [0.05, 0.1) is 13.2 Å². The largest absolute Gasteiger partial charge is 0.454 e. The van der Waals surface area contributed by atoms with Crippen LogP contribution in [0.2, 0.25) is 0 Å². The zero-order valence-electron chi connectivity index (χ0n) is 16.0. The average Bonchev–Trinajstić information content (AvgIpc) is 3.20. The minimum atomic E-state index is 0.0545. The van der Waals surface area contributed by atoms with E-state index in [1.54, 1.807) is 0 Å². The average molecular weight is 382 g/mol. The number of nitrogens with zero attached hydrogens (tertiary/aromatic N) is 1. The molecule has 0 radical (unpaired) electrons. The lowest BCUT2D eigenvalue weighted by Gasteiger charge is -2.27. The van der Waals surface area contributed by atoms with E-state index in [1.165, 1.54) is 11.1 Å². The topological polar surface area (TPSA) is 60.0 Å². The molecule has 6 heteroatoms. The Bertz CT molecular complexity index is 818. The second-order valence-corrected chi connectivity index (χ2v) is 7.12. The minimum Gasteiger partial charge on any atom is -0.454 e. The molecule has 28 heavy (non-hydrogen) atoms. The Balaban J connectivity index is 1.27. The molecule has 2 aliphatic rings. The summed E-state index contributed by atoms with van der Waals surface area (Å²) in [6.45, 7) is 5.21. The van der Waals surface area contributed by atoms with Gasteiger partial charge in [-0.25, -0.2) is 0 Å². The summed E-state index contributed by atoms with van der Waals surface area (Å²) in [6.07, 6.45) is 1.13. The van der Waals surface area contributed by atoms with E-state index >= 15 is 0 Å². The number of ether oxygens (including phenoxy) is 3. The molecule has 0 aromatic heterocycles. The lowest BCUT2D eigenvalue weighted by Crippen LogP contribution is -2.36. The van der Waals surface area contributed by atoms with Gasteiger partial charge in [-0.05, 0) is 35.2 Å². The van der Waals surface area contributed by atoms with Crippen LogP contribution < -0.4 is 14.8 Å². The van der Waals surface area contributed by atoms with Crippen LogP contribution in [0.25, 0.3) is 0 Å². The van der Waals surface area contributed by atoms with Crippen LogP contribution in [0, 0.1) is 0 Å². The van der Waals surface area contributed by atoms with Gasteiger partial charge < -0.3 is 19.5 Å². The number of carbonyl (C=O) groups is 1. The minimum absolute atomic E-state index is 0.0545. The molecule has 1 N–H and O–H groups in total. The Hall–Kier alpha value is -2.57. The lowest BCUT2D eigenvalue weighted by atomic mass is 10.1. The number of nitrogens with one attached hydrogen (secondary N) is 1. The molecule has 2 aromatic rings. The number of carbonyl (C=O) groups excluding carboxylic acids is 1. The third-order valence-electron chi connectivity index (χ3n) is 5.17. The summed E-state index contributed by atoms with van der Waals surface area (Å²) < 4.78 is 16.1. The van der Waals surface area contributed by atoms with Crippen molar-refractivity contribution in [2.75, 3.05) is 33.1 Å². The summed E-state index contributed by atoms with van der Waals surface area (Å²) in [7, 11) is 0. The van der Waals surface area contributed by atoms with Gasteiger partial charge in [0, 0.05) is 32.6 Å². The third-order valence-corrected chi connectivity index (χ3v) is 5.17. The first-order chi connectivity index (χ1) is 13.8. The van der Waals surface area contributed by atoms with E-state index < -0.39 is 0 Å². The first-order valence-electron chi connectivity index (χ1n) is 9.80. The van der Waals surface area contributed by atoms with Crippen LogP contribution >= 0.6 is 0 Å². The van der Waals surface area contributed by atoms with Gasteiger partial charge >= 0.3 is 0 Å². The zero-order valence-corrected chi connectivity index (χ0v) is 16.0. The highest BCUT2D eigenvalue weighted by Crippen LogP contribution is 2.32. The number of rotatable bonds is 7. The maximum Gasteiger partial charge on any atom is 0.231 e. The Kier molecular flexibility index (Phi) is 6.09. The van der Waals surface area contributed by atoms with Gasteiger partial charge in [-0.15, -0.1) is 0 Å². The van der Waals surface area contributed by atoms with Gasteiger partial charge in [-0.1, -0.05) is 30.3 Å². The molecular formula is C22H26N2O4. The van der Waals surface area contributed by atoms with Crippen molar-refractivity contribution in [3.63, 3.8) is 0 Å². The molecule has 1 fully saturated rings. The number of aryl methyl sites for hydroxylation is 1. The highest BCUT2D eigenvalue weighted by molar-refractivity contribution is 5.76. The van der Waals surface area contributed by atoms with Gasteiger partial charge in [0.1, 0.15) is 0 Å². The predicted octanol–water partition coefficient (Wildman–Crippen LogP) is 2.50. The molecule has 4 rings (SSSR count). The Morgan fingerprint density at radius 3 is 2.64 bits per heavy atom. The van der Waals surface area contributed by atoms with Crippen LogP contribution in [0.1, 0.15) is 23.1 Å². The van der Waals surface area contributed by atoms with E-state index in [2.05, 4.69) is 28.4 Å². The molecule has 0 aliphatic carbocycles. The van der Waals surface area contributed by atoms with Crippen LogP contribution in [0.4, 0.5) is 0 Å². The first kappa shape index (κ1) is 18.8. The standard InChI is InChI=1S/C22H26N2O4/c25-22(8-6-17-5-7-20-21(13-17)28-16-27-20)23-14-18-3-1-2-4-19(18)15-24-9-11-26-12-10-24/h1-5,7,13H,6,8-12,14-16H2,(H,23,25). The number of benzene rings is 2. The molecular weight excluding hydrogens is 356 g/mol. The fraction of sp³-hybridized carbons (Fsp3) is 0.409. The monoisotopic (exact) mass is 382 g/mol. The van der Waals surface area contributed by atoms with E-state index in [9.17, 15) is 4.79 Å². The van der Waals surface area contributed by atoms with Gasteiger partial charge in [0.15, 0.2) is 11.5 Å². The molecule has 0 spiro atoms. The molecule has 0 unspecified atom stereocenters. The molecule has 2 aromatic carbocycles. The van der Waals surface area contributed by atoms with Gasteiger partial charge in [0.25, 0.3) is 0 Å². The predicted molar refractivity (Wildman–Crippen MR) is 105 cm³/mol. The highest BCUT2D eigenvalue weighted by Gasteiger charge is 2.15. The summed E-state index contributed by atoms with van der Waals surface area (Å²) >= 11 is 0. The van der Waals surface area contributed by atoms with Crippen LogP contribution in [0.5, 0.6) is 11.5 Å². The molecule has 0 bridgehead atoms.